The van der Waals surface area contributed by atoms with Crippen LogP contribution in [0.25, 0.3) is 0 Å². The molecule has 1 aliphatic rings. The van der Waals surface area contributed by atoms with E-state index in [-0.39, 0.29) is 11.2 Å². The summed E-state index contributed by atoms with van der Waals surface area (Å²) in [7, 11) is 1.66. The lowest BCUT2D eigenvalue weighted by Crippen LogP contribution is -2.30. The van der Waals surface area contributed by atoms with Crippen molar-refractivity contribution in [2.24, 2.45) is 7.05 Å². The quantitative estimate of drug-likeness (QED) is 0.716. The molecule has 4 heteroatoms. The number of aromatic amines is 1. The van der Waals surface area contributed by atoms with Crippen LogP contribution >= 0.6 is 0 Å². The number of aryl methyl sites for hydroxylation is 1. The zero-order valence-corrected chi connectivity index (χ0v) is 8.25. The van der Waals surface area contributed by atoms with Crippen LogP contribution in [-0.4, -0.2) is 9.55 Å². The Hall–Kier alpha value is -1.32. The van der Waals surface area contributed by atoms with Crippen LogP contribution in [0.2, 0.25) is 0 Å². The van der Waals surface area contributed by atoms with Gasteiger partial charge in [0.2, 0.25) is 0 Å². The molecule has 1 aromatic heterocycles. The van der Waals surface area contributed by atoms with Gasteiger partial charge in [0.15, 0.2) is 0 Å². The molecule has 0 spiro atoms. The number of hydrogen-bond acceptors (Lipinski definition) is 2. The Morgan fingerprint density at radius 3 is 2.64 bits per heavy atom. The highest BCUT2D eigenvalue weighted by atomic mass is 16.2. The van der Waals surface area contributed by atoms with Gasteiger partial charge < -0.3 is 4.57 Å². The van der Waals surface area contributed by atoms with Crippen molar-refractivity contribution in [2.45, 2.75) is 31.6 Å². The minimum Gasteiger partial charge on any atom is -0.303 e. The van der Waals surface area contributed by atoms with E-state index in [4.69, 9.17) is 0 Å². The summed E-state index contributed by atoms with van der Waals surface area (Å²) in [5.74, 6) is 0.352. The van der Waals surface area contributed by atoms with Crippen molar-refractivity contribution in [1.82, 2.24) is 9.55 Å². The molecule has 1 fully saturated rings. The van der Waals surface area contributed by atoms with Gasteiger partial charge in [-0.2, -0.15) is 0 Å². The molecule has 1 saturated carbocycles. The van der Waals surface area contributed by atoms with E-state index in [1.54, 1.807) is 13.2 Å². The zero-order valence-electron chi connectivity index (χ0n) is 8.25. The predicted molar refractivity (Wildman–Crippen MR) is 53.5 cm³/mol. The molecular weight excluding hydrogens is 180 g/mol. The van der Waals surface area contributed by atoms with E-state index in [0.29, 0.717) is 5.92 Å². The molecule has 0 aliphatic heterocycles. The Labute approximate surface area is 81.6 Å². The van der Waals surface area contributed by atoms with Gasteiger partial charge >= 0.3 is 5.69 Å². The molecule has 1 N–H and O–H groups in total. The van der Waals surface area contributed by atoms with Crippen molar-refractivity contribution in [1.29, 1.82) is 0 Å². The first-order valence-electron chi connectivity index (χ1n) is 4.98. The summed E-state index contributed by atoms with van der Waals surface area (Å²) in [4.78, 5) is 25.0. The largest absolute Gasteiger partial charge is 0.328 e. The Kier molecular flexibility index (Phi) is 2.27. The van der Waals surface area contributed by atoms with Gasteiger partial charge in [0.25, 0.3) is 5.56 Å². The molecular formula is C10H14N2O2. The molecule has 14 heavy (non-hydrogen) atoms. The number of aromatic nitrogens is 2. The van der Waals surface area contributed by atoms with Crippen LogP contribution in [0.4, 0.5) is 0 Å². The lowest BCUT2D eigenvalue weighted by atomic mass is 10.0. The number of nitrogens with zero attached hydrogens (tertiary/aromatic N) is 1. The summed E-state index contributed by atoms with van der Waals surface area (Å²) in [5, 5.41) is 0. The summed E-state index contributed by atoms with van der Waals surface area (Å²) >= 11 is 0. The SMILES string of the molecule is Cn1cc(C2CCCC2)c(=O)[nH]c1=O. The minimum atomic E-state index is -0.336. The van der Waals surface area contributed by atoms with Gasteiger partial charge in [-0.15, -0.1) is 0 Å². The van der Waals surface area contributed by atoms with Gasteiger partial charge in [0.1, 0.15) is 0 Å². The van der Waals surface area contributed by atoms with Gasteiger partial charge in [-0.1, -0.05) is 12.8 Å². The van der Waals surface area contributed by atoms with Gasteiger partial charge in [-0.3, -0.25) is 9.78 Å². The minimum absolute atomic E-state index is 0.208. The Bertz CT molecular complexity index is 438. The van der Waals surface area contributed by atoms with E-state index in [1.165, 1.54) is 17.4 Å². The summed E-state index contributed by atoms with van der Waals surface area (Å²) in [6.07, 6.45) is 6.19. The summed E-state index contributed by atoms with van der Waals surface area (Å²) in [5.41, 5.74) is 0.223. The Balaban J connectivity index is 2.47. The summed E-state index contributed by atoms with van der Waals surface area (Å²) < 4.78 is 1.44. The maximum atomic E-state index is 11.5. The second kappa shape index (κ2) is 3.44. The molecule has 0 aromatic carbocycles. The molecule has 1 aliphatic carbocycles. The van der Waals surface area contributed by atoms with Gasteiger partial charge in [0.05, 0.1) is 0 Å². The van der Waals surface area contributed by atoms with Gasteiger partial charge in [-0.25, -0.2) is 4.79 Å². The van der Waals surface area contributed by atoms with E-state index in [0.717, 1.165) is 18.4 Å². The average molecular weight is 194 g/mol. The second-order valence-electron chi connectivity index (χ2n) is 3.94. The van der Waals surface area contributed by atoms with Crippen LogP contribution in [0, 0.1) is 0 Å². The topological polar surface area (TPSA) is 54.9 Å². The van der Waals surface area contributed by atoms with Crippen molar-refractivity contribution >= 4 is 0 Å². The third-order valence-corrected chi connectivity index (χ3v) is 2.93. The summed E-state index contributed by atoms with van der Waals surface area (Å²) in [6, 6.07) is 0. The third-order valence-electron chi connectivity index (χ3n) is 2.93. The van der Waals surface area contributed by atoms with Crippen LogP contribution in [0.15, 0.2) is 15.8 Å². The molecule has 0 unspecified atom stereocenters. The molecule has 2 rings (SSSR count). The normalized spacial score (nSPS) is 17.5. The average Bonchev–Trinajstić information content (AvgIpc) is 2.64. The zero-order chi connectivity index (χ0) is 10.1. The second-order valence-corrected chi connectivity index (χ2v) is 3.94. The molecule has 0 amide bonds. The van der Waals surface area contributed by atoms with Crippen LogP contribution in [0.5, 0.6) is 0 Å². The van der Waals surface area contributed by atoms with E-state index in [2.05, 4.69) is 4.98 Å². The molecule has 0 atom stereocenters. The van der Waals surface area contributed by atoms with Crippen molar-refractivity contribution in [3.8, 4) is 0 Å². The van der Waals surface area contributed by atoms with E-state index >= 15 is 0 Å². The van der Waals surface area contributed by atoms with E-state index in [1.807, 2.05) is 0 Å². The van der Waals surface area contributed by atoms with Crippen molar-refractivity contribution < 1.29 is 0 Å². The molecule has 1 aromatic rings. The number of nitrogens with one attached hydrogen (secondary N) is 1. The van der Waals surface area contributed by atoms with Crippen molar-refractivity contribution in [3.05, 3.63) is 32.6 Å². The molecule has 0 saturated heterocycles. The van der Waals surface area contributed by atoms with E-state index < -0.39 is 0 Å². The van der Waals surface area contributed by atoms with Crippen LogP contribution in [0.1, 0.15) is 37.2 Å². The standard InChI is InChI=1S/C10H14N2O2/c1-12-6-8(7-4-2-3-5-7)9(13)11-10(12)14/h6-7H,2-5H2,1H3,(H,11,13,14). The molecule has 0 radical (unpaired) electrons. The fourth-order valence-electron chi connectivity index (χ4n) is 2.11. The van der Waals surface area contributed by atoms with Crippen LogP contribution < -0.4 is 11.2 Å². The fraction of sp³-hybridized carbons (Fsp3) is 0.600. The van der Waals surface area contributed by atoms with Crippen LogP contribution in [-0.2, 0) is 7.05 Å². The smallest absolute Gasteiger partial charge is 0.303 e. The first kappa shape index (κ1) is 9.24. The molecule has 1 heterocycles. The molecule has 4 nitrogen and oxygen atoms in total. The lowest BCUT2D eigenvalue weighted by molar-refractivity contribution is 0.677. The number of hydrogen-bond donors (Lipinski definition) is 1. The van der Waals surface area contributed by atoms with Gasteiger partial charge in [0, 0.05) is 18.8 Å². The Morgan fingerprint density at radius 1 is 1.36 bits per heavy atom. The maximum Gasteiger partial charge on any atom is 0.328 e. The number of rotatable bonds is 1. The monoisotopic (exact) mass is 194 g/mol. The molecule has 76 valence electrons. The summed E-state index contributed by atoms with van der Waals surface area (Å²) in [6.45, 7) is 0. The Morgan fingerprint density at radius 2 is 2.00 bits per heavy atom. The maximum absolute atomic E-state index is 11.5. The third kappa shape index (κ3) is 1.52. The van der Waals surface area contributed by atoms with Gasteiger partial charge in [-0.05, 0) is 18.8 Å². The van der Waals surface area contributed by atoms with Crippen LogP contribution in [0.3, 0.4) is 0 Å². The number of H-pyrrole nitrogens is 1. The highest BCUT2D eigenvalue weighted by Gasteiger charge is 2.20. The lowest BCUT2D eigenvalue weighted by Gasteiger charge is -2.08. The highest BCUT2D eigenvalue weighted by Crippen LogP contribution is 2.31. The van der Waals surface area contributed by atoms with Crippen molar-refractivity contribution in [2.75, 3.05) is 0 Å². The fourth-order valence-corrected chi connectivity index (χ4v) is 2.11. The van der Waals surface area contributed by atoms with Crippen molar-refractivity contribution in [3.63, 3.8) is 0 Å². The molecule has 0 bridgehead atoms. The predicted octanol–water partition coefficient (Wildman–Crippen LogP) is 0.731. The first-order chi connectivity index (χ1) is 6.68. The highest BCUT2D eigenvalue weighted by molar-refractivity contribution is 5.12. The first-order valence-corrected chi connectivity index (χ1v) is 4.98. The van der Waals surface area contributed by atoms with E-state index in [9.17, 15) is 9.59 Å².